The van der Waals surface area contributed by atoms with Gasteiger partial charge in [-0.25, -0.2) is 0 Å². The molecule has 106 valence electrons. The lowest BCUT2D eigenvalue weighted by Crippen LogP contribution is -2.51. The van der Waals surface area contributed by atoms with Gasteiger partial charge in [-0.3, -0.25) is 9.69 Å². The fraction of sp³-hybridized carbons (Fsp3) is 0.933. The van der Waals surface area contributed by atoms with E-state index >= 15 is 0 Å². The predicted octanol–water partition coefficient (Wildman–Crippen LogP) is 3.53. The molecule has 0 aromatic heterocycles. The number of carboxylic acid groups (broad SMARTS) is 1. The molecule has 0 amide bonds. The molecule has 1 rings (SSSR count). The maximum absolute atomic E-state index is 11.6. The number of likely N-dealkylation sites (tertiary alicyclic amines) is 1. The van der Waals surface area contributed by atoms with Gasteiger partial charge in [-0.05, 0) is 38.6 Å². The fourth-order valence-electron chi connectivity index (χ4n) is 3.27. The quantitative estimate of drug-likeness (QED) is 0.756. The molecular weight excluding hydrogens is 226 g/mol. The molecule has 3 nitrogen and oxygen atoms in total. The van der Waals surface area contributed by atoms with Crippen LogP contribution >= 0.6 is 0 Å². The summed E-state index contributed by atoms with van der Waals surface area (Å²) >= 11 is 0. The third-order valence-electron chi connectivity index (χ3n) is 4.50. The summed E-state index contributed by atoms with van der Waals surface area (Å²) in [5, 5.41) is 9.52. The van der Waals surface area contributed by atoms with E-state index < -0.39 is 11.4 Å². The van der Waals surface area contributed by atoms with Gasteiger partial charge in [-0.1, -0.05) is 33.6 Å². The molecule has 3 heteroatoms. The second-order valence-electron chi connectivity index (χ2n) is 5.74. The summed E-state index contributed by atoms with van der Waals surface area (Å²) in [6.45, 7) is 8.29. The molecule has 0 aliphatic carbocycles. The van der Waals surface area contributed by atoms with E-state index in [1.54, 1.807) is 0 Å². The molecule has 0 aromatic carbocycles. The average Bonchev–Trinajstić information content (AvgIpc) is 2.38. The number of hydrogen-bond donors (Lipinski definition) is 1. The van der Waals surface area contributed by atoms with Crippen LogP contribution in [0.1, 0.15) is 65.7 Å². The molecule has 0 bridgehead atoms. The van der Waals surface area contributed by atoms with Gasteiger partial charge in [0.25, 0.3) is 0 Å². The molecule has 1 N–H and O–H groups in total. The van der Waals surface area contributed by atoms with E-state index in [4.69, 9.17) is 0 Å². The minimum atomic E-state index is -0.596. The van der Waals surface area contributed by atoms with Gasteiger partial charge in [0.1, 0.15) is 0 Å². The molecule has 0 radical (unpaired) electrons. The number of nitrogens with zero attached hydrogens (tertiary/aromatic N) is 1. The molecule has 1 unspecified atom stereocenters. The zero-order valence-electron chi connectivity index (χ0n) is 12.2. The van der Waals surface area contributed by atoms with Crippen molar-refractivity contribution in [1.82, 2.24) is 4.90 Å². The van der Waals surface area contributed by atoms with Crippen LogP contribution in [-0.2, 0) is 4.79 Å². The molecule has 1 aliphatic rings. The van der Waals surface area contributed by atoms with Gasteiger partial charge < -0.3 is 5.11 Å². The van der Waals surface area contributed by atoms with Crippen molar-refractivity contribution in [2.45, 2.75) is 71.8 Å². The van der Waals surface area contributed by atoms with Crippen molar-refractivity contribution in [3.8, 4) is 0 Å². The first-order valence-corrected chi connectivity index (χ1v) is 7.57. The zero-order chi connectivity index (χ0) is 13.6. The summed E-state index contributed by atoms with van der Waals surface area (Å²) in [6, 6.07) is 0.588. The van der Waals surface area contributed by atoms with Crippen molar-refractivity contribution < 1.29 is 9.90 Å². The smallest absolute Gasteiger partial charge is 0.310 e. The lowest BCUT2D eigenvalue weighted by Gasteiger charge is -2.43. The van der Waals surface area contributed by atoms with Crippen LogP contribution in [0.25, 0.3) is 0 Å². The predicted molar refractivity (Wildman–Crippen MR) is 74.8 cm³/mol. The van der Waals surface area contributed by atoms with Crippen molar-refractivity contribution in [2.24, 2.45) is 5.41 Å². The Bertz CT molecular complexity index is 261. The lowest BCUT2D eigenvalue weighted by atomic mass is 9.77. The summed E-state index contributed by atoms with van der Waals surface area (Å²) in [7, 11) is 0. The third-order valence-corrected chi connectivity index (χ3v) is 4.50. The van der Waals surface area contributed by atoms with E-state index in [9.17, 15) is 9.90 Å². The van der Waals surface area contributed by atoms with Crippen LogP contribution in [0.2, 0.25) is 0 Å². The molecule has 1 aliphatic heterocycles. The standard InChI is InChI=1S/C15H29NO2/c1-4-8-13(9-5-2)16-11-7-10-15(6-3,12-16)14(17)18/h13H,4-12H2,1-3H3,(H,17,18). The Labute approximate surface area is 112 Å². The van der Waals surface area contributed by atoms with Gasteiger partial charge in [0.2, 0.25) is 0 Å². The highest BCUT2D eigenvalue weighted by Crippen LogP contribution is 2.35. The summed E-state index contributed by atoms with van der Waals surface area (Å²) in [6.07, 6.45) is 7.41. The summed E-state index contributed by atoms with van der Waals surface area (Å²) in [4.78, 5) is 14.0. The van der Waals surface area contributed by atoms with Crippen molar-refractivity contribution in [1.29, 1.82) is 0 Å². The van der Waals surface area contributed by atoms with Crippen LogP contribution in [0.15, 0.2) is 0 Å². The van der Waals surface area contributed by atoms with Gasteiger partial charge in [0.05, 0.1) is 5.41 Å². The van der Waals surface area contributed by atoms with E-state index in [2.05, 4.69) is 18.7 Å². The largest absolute Gasteiger partial charge is 0.481 e. The van der Waals surface area contributed by atoms with Crippen molar-refractivity contribution >= 4 is 5.97 Å². The third kappa shape index (κ3) is 3.47. The molecule has 1 saturated heterocycles. The van der Waals surface area contributed by atoms with Crippen LogP contribution in [0, 0.1) is 5.41 Å². The second kappa shape index (κ2) is 7.13. The van der Waals surface area contributed by atoms with Gasteiger partial charge >= 0.3 is 5.97 Å². The zero-order valence-corrected chi connectivity index (χ0v) is 12.2. The first kappa shape index (κ1) is 15.5. The lowest BCUT2D eigenvalue weighted by molar-refractivity contribution is -0.153. The maximum Gasteiger partial charge on any atom is 0.310 e. The highest BCUT2D eigenvalue weighted by molar-refractivity contribution is 5.75. The number of piperidine rings is 1. The highest BCUT2D eigenvalue weighted by Gasteiger charge is 2.41. The monoisotopic (exact) mass is 255 g/mol. The van der Waals surface area contributed by atoms with Crippen molar-refractivity contribution in [3.05, 3.63) is 0 Å². The summed E-state index contributed by atoms with van der Waals surface area (Å²) in [5.41, 5.74) is -0.488. The Morgan fingerprint density at radius 1 is 1.28 bits per heavy atom. The second-order valence-corrected chi connectivity index (χ2v) is 5.74. The number of carboxylic acids is 1. The summed E-state index contributed by atoms with van der Waals surface area (Å²) < 4.78 is 0. The van der Waals surface area contributed by atoms with Crippen LogP contribution in [0.3, 0.4) is 0 Å². The molecular formula is C15H29NO2. The van der Waals surface area contributed by atoms with E-state index in [1.165, 1.54) is 25.7 Å². The van der Waals surface area contributed by atoms with E-state index in [0.717, 1.165) is 32.4 Å². The molecule has 0 saturated carbocycles. The molecule has 1 heterocycles. The average molecular weight is 255 g/mol. The Kier molecular flexibility index (Phi) is 6.13. The van der Waals surface area contributed by atoms with Gasteiger partial charge in [-0.15, -0.1) is 0 Å². The van der Waals surface area contributed by atoms with Crippen LogP contribution in [0.4, 0.5) is 0 Å². The molecule has 1 atom stereocenters. The van der Waals surface area contributed by atoms with E-state index in [-0.39, 0.29) is 0 Å². The Morgan fingerprint density at radius 2 is 1.89 bits per heavy atom. The van der Waals surface area contributed by atoms with Gasteiger partial charge in [-0.2, -0.15) is 0 Å². The number of aliphatic carboxylic acids is 1. The minimum absolute atomic E-state index is 0.488. The Hall–Kier alpha value is -0.570. The molecule has 0 aromatic rings. The normalized spacial score (nSPS) is 25.6. The molecule has 18 heavy (non-hydrogen) atoms. The maximum atomic E-state index is 11.6. The first-order valence-electron chi connectivity index (χ1n) is 7.57. The van der Waals surface area contributed by atoms with Gasteiger partial charge in [0, 0.05) is 12.6 Å². The van der Waals surface area contributed by atoms with Crippen LogP contribution < -0.4 is 0 Å². The summed E-state index contributed by atoms with van der Waals surface area (Å²) in [5.74, 6) is -0.596. The highest BCUT2D eigenvalue weighted by atomic mass is 16.4. The van der Waals surface area contributed by atoms with Crippen molar-refractivity contribution in [3.63, 3.8) is 0 Å². The number of carbonyl (C=O) groups is 1. The molecule has 0 spiro atoms. The first-order chi connectivity index (χ1) is 8.59. The number of hydrogen-bond acceptors (Lipinski definition) is 2. The fourth-order valence-corrected chi connectivity index (χ4v) is 3.27. The van der Waals surface area contributed by atoms with E-state index in [1.807, 2.05) is 6.92 Å². The topological polar surface area (TPSA) is 40.5 Å². The minimum Gasteiger partial charge on any atom is -0.481 e. The Balaban J connectivity index is 2.74. The SMILES string of the molecule is CCCC(CCC)N1CCCC(CC)(C(=O)O)C1. The molecule has 1 fully saturated rings. The van der Waals surface area contributed by atoms with Gasteiger partial charge in [0.15, 0.2) is 0 Å². The number of rotatable bonds is 7. The van der Waals surface area contributed by atoms with Crippen LogP contribution in [0.5, 0.6) is 0 Å². The Morgan fingerprint density at radius 3 is 2.33 bits per heavy atom. The van der Waals surface area contributed by atoms with Crippen molar-refractivity contribution in [2.75, 3.05) is 13.1 Å². The van der Waals surface area contributed by atoms with Crippen LogP contribution in [-0.4, -0.2) is 35.1 Å². The van der Waals surface area contributed by atoms with E-state index in [0.29, 0.717) is 6.04 Å².